The van der Waals surface area contributed by atoms with Gasteiger partial charge in [-0.3, -0.25) is 0 Å². The molecule has 5 aromatic rings. The third-order valence-electron chi connectivity index (χ3n) is 5.33. The zero-order valence-corrected chi connectivity index (χ0v) is 17.7. The maximum atomic E-state index is 5.23. The van der Waals surface area contributed by atoms with Crippen molar-refractivity contribution in [3.05, 3.63) is 85.5 Å². The maximum Gasteiger partial charge on any atom is 0.254 e. The molecule has 0 radical (unpaired) electrons. The highest BCUT2D eigenvalue weighted by molar-refractivity contribution is 5.60. The van der Waals surface area contributed by atoms with Crippen molar-refractivity contribution in [1.82, 2.24) is 19.4 Å². The quantitative estimate of drug-likeness (QED) is 0.415. The molecule has 3 aromatic heterocycles. The van der Waals surface area contributed by atoms with Crippen LogP contribution in [0.3, 0.4) is 0 Å². The minimum absolute atomic E-state index is 0.798. The molecule has 31 heavy (non-hydrogen) atoms. The fourth-order valence-electron chi connectivity index (χ4n) is 3.59. The lowest BCUT2D eigenvalue weighted by atomic mass is 10.2. The first-order valence-corrected chi connectivity index (χ1v) is 10.00. The van der Waals surface area contributed by atoms with Gasteiger partial charge in [-0.1, -0.05) is 11.3 Å². The molecule has 0 saturated carbocycles. The van der Waals surface area contributed by atoms with Crippen molar-refractivity contribution in [3.8, 4) is 28.5 Å². The van der Waals surface area contributed by atoms with E-state index in [1.165, 1.54) is 5.69 Å². The van der Waals surface area contributed by atoms with Gasteiger partial charge in [-0.25, -0.2) is 9.25 Å². The summed E-state index contributed by atoms with van der Waals surface area (Å²) in [4.78, 5) is 2.09. The summed E-state index contributed by atoms with van der Waals surface area (Å²) in [6, 6.07) is 22.4. The highest BCUT2D eigenvalue weighted by atomic mass is 16.5. The Labute approximate surface area is 180 Å². The number of rotatable bonds is 5. The third kappa shape index (κ3) is 3.50. The normalized spacial score (nSPS) is 11.1. The second-order valence-electron chi connectivity index (χ2n) is 7.51. The number of aromatic nitrogens is 5. The maximum absolute atomic E-state index is 5.23. The van der Waals surface area contributed by atoms with Crippen LogP contribution < -0.4 is 14.2 Å². The Balaban J connectivity index is 1.51. The van der Waals surface area contributed by atoms with E-state index in [-0.39, 0.29) is 0 Å². The lowest BCUT2D eigenvalue weighted by Crippen LogP contribution is -2.27. The first kappa shape index (κ1) is 18.9. The number of hydrogen-bond donors (Lipinski definition) is 0. The molecule has 0 spiro atoms. The second kappa shape index (κ2) is 7.60. The fourth-order valence-corrected chi connectivity index (χ4v) is 3.59. The summed E-state index contributed by atoms with van der Waals surface area (Å²) >= 11 is 0. The molecule has 3 heterocycles. The zero-order valence-electron chi connectivity index (χ0n) is 17.7. The molecular weight excluding hydrogens is 388 g/mol. The number of pyridine rings is 1. The van der Waals surface area contributed by atoms with Crippen molar-refractivity contribution in [1.29, 1.82) is 0 Å². The van der Waals surface area contributed by atoms with Crippen LogP contribution in [0.2, 0.25) is 0 Å². The summed E-state index contributed by atoms with van der Waals surface area (Å²) in [5.41, 5.74) is 6.04. The molecule has 0 N–H and O–H groups in total. The lowest BCUT2D eigenvalue weighted by Gasteiger charge is -2.11. The average Bonchev–Trinajstić information content (AvgIpc) is 3.46. The van der Waals surface area contributed by atoms with Crippen LogP contribution in [0.1, 0.15) is 0 Å². The smallest absolute Gasteiger partial charge is 0.254 e. The van der Waals surface area contributed by atoms with Gasteiger partial charge in [0.2, 0.25) is 0 Å². The molecule has 154 valence electrons. The Kier molecular flexibility index (Phi) is 4.63. The Bertz CT molecular complexity index is 1330. The number of ether oxygens (including phenoxy) is 1. The standard InChI is InChI=1S/C24H23N6O/c1-27(2)18-7-9-19(10-8-18)28-15-21-5-4-6-24(29(21)17-28)23-16-30(26-25-23)20-11-13-22(31-3)14-12-20/h4-17H,1-3H3/q+1. The van der Waals surface area contributed by atoms with Crippen molar-refractivity contribution in [2.24, 2.45) is 0 Å². The highest BCUT2D eigenvalue weighted by Gasteiger charge is 2.17. The van der Waals surface area contributed by atoms with E-state index in [2.05, 4.69) is 73.1 Å². The molecule has 5 rings (SSSR count). The molecule has 0 fully saturated rings. The fraction of sp³-hybridized carbons (Fsp3) is 0.125. The van der Waals surface area contributed by atoms with E-state index in [0.717, 1.165) is 34.0 Å². The Morgan fingerprint density at radius 3 is 2.42 bits per heavy atom. The van der Waals surface area contributed by atoms with Crippen molar-refractivity contribution in [2.75, 3.05) is 26.1 Å². The molecule has 0 aliphatic heterocycles. The van der Waals surface area contributed by atoms with Gasteiger partial charge in [0.15, 0.2) is 16.9 Å². The first-order chi connectivity index (χ1) is 15.1. The lowest BCUT2D eigenvalue weighted by molar-refractivity contribution is -0.594. The molecule has 2 aromatic carbocycles. The molecule has 7 nitrogen and oxygen atoms in total. The average molecular weight is 411 g/mol. The second-order valence-corrected chi connectivity index (χ2v) is 7.51. The summed E-state index contributed by atoms with van der Waals surface area (Å²) in [5, 5.41) is 8.73. The number of methoxy groups -OCH3 is 1. The van der Waals surface area contributed by atoms with Gasteiger partial charge in [-0.15, -0.1) is 5.10 Å². The molecular formula is C24H23N6O+. The highest BCUT2D eigenvalue weighted by Crippen LogP contribution is 2.21. The minimum atomic E-state index is 0.798. The van der Waals surface area contributed by atoms with Crippen molar-refractivity contribution < 1.29 is 9.30 Å². The van der Waals surface area contributed by atoms with Gasteiger partial charge in [0, 0.05) is 19.8 Å². The summed E-state index contributed by atoms with van der Waals surface area (Å²) in [7, 11) is 5.74. The van der Waals surface area contributed by atoms with Crippen LogP contribution >= 0.6 is 0 Å². The van der Waals surface area contributed by atoms with Crippen LogP contribution in [0.25, 0.3) is 28.3 Å². The molecule has 0 amide bonds. The van der Waals surface area contributed by atoms with E-state index in [9.17, 15) is 0 Å². The van der Waals surface area contributed by atoms with Crippen LogP contribution in [-0.4, -0.2) is 40.6 Å². The number of fused-ring (bicyclic) bond motifs is 1. The van der Waals surface area contributed by atoms with E-state index in [4.69, 9.17) is 4.74 Å². The van der Waals surface area contributed by atoms with Gasteiger partial charge in [0.1, 0.15) is 17.6 Å². The van der Waals surface area contributed by atoms with E-state index < -0.39 is 0 Å². The molecule has 0 unspecified atom stereocenters. The molecule has 0 saturated heterocycles. The van der Waals surface area contributed by atoms with Gasteiger partial charge in [-0.2, -0.15) is 4.40 Å². The molecule has 0 aliphatic carbocycles. The Morgan fingerprint density at radius 2 is 1.71 bits per heavy atom. The number of nitrogens with zero attached hydrogens (tertiary/aromatic N) is 6. The monoisotopic (exact) mass is 411 g/mol. The van der Waals surface area contributed by atoms with Gasteiger partial charge < -0.3 is 9.64 Å². The largest absolute Gasteiger partial charge is 0.497 e. The van der Waals surface area contributed by atoms with E-state index in [1.54, 1.807) is 11.8 Å². The predicted molar refractivity (Wildman–Crippen MR) is 120 cm³/mol. The van der Waals surface area contributed by atoms with Gasteiger partial charge >= 0.3 is 0 Å². The van der Waals surface area contributed by atoms with Gasteiger partial charge in [0.05, 0.1) is 19.0 Å². The molecule has 0 atom stereocenters. The molecule has 0 aliphatic rings. The third-order valence-corrected chi connectivity index (χ3v) is 5.33. The van der Waals surface area contributed by atoms with Crippen LogP contribution in [0.4, 0.5) is 5.69 Å². The number of benzene rings is 2. The van der Waals surface area contributed by atoms with Gasteiger partial charge in [-0.05, 0) is 60.7 Å². The van der Waals surface area contributed by atoms with E-state index in [1.807, 2.05) is 50.6 Å². The van der Waals surface area contributed by atoms with Crippen molar-refractivity contribution in [3.63, 3.8) is 0 Å². The van der Waals surface area contributed by atoms with Crippen LogP contribution in [0.15, 0.2) is 85.5 Å². The Morgan fingerprint density at radius 1 is 0.935 bits per heavy atom. The summed E-state index contributed by atoms with van der Waals surface area (Å²) < 4.78 is 11.2. The number of imidazole rings is 1. The summed E-state index contributed by atoms with van der Waals surface area (Å²) in [5.74, 6) is 0.810. The van der Waals surface area contributed by atoms with Crippen LogP contribution in [0, 0.1) is 0 Å². The zero-order chi connectivity index (χ0) is 21.4. The summed E-state index contributed by atoms with van der Waals surface area (Å²) in [6.07, 6.45) is 6.12. The SMILES string of the molecule is COc1ccc(-n2cc(-c3cccc4c[n+](-c5ccc(N(C)C)cc5)cn34)nn2)cc1. The Hall–Kier alpha value is -4.13. The molecule has 7 heteroatoms. The summed E-state index contributed by atoms with van der Waals surface area (Å²) in [6.45, 7) is 0. The van der Waals surface area contributed by atoms with Gasteiger partial charge in [0.25, 0.3) is 6.33 Å². The van der Waals surface area contributed by atoms with E-state index in [0.29, 0.717) is 0 Å². The van der Waals surface area contributed by atoms with Crippen LogP contribution in [-0.2, 0) is 0 Å². The number of anilines is 1. The first-order valence-electron chi connectivity index (χ1n) is 10.00. The van der Waals surface area contributed by atoms with E-state index >= 15 is 0 Å². The topological polar surface area (TPSA) is 51.5 Å². The number of hydrogen-bond acceptors (Lipinski definition) is 4. The minimum Gasteiger partial charge on any atom is -0.497 e. The molecule has 0 bridgehead atoms. The van der Waals surface area contributed by atoms with Crippen LogP contribution in [0.5, 0.6) is 5.75 Å². The predicted octanol–water partition coefficient (Wildman–Crippen LogP) is 3.54. The van der Waals surface area contributed by atoms with Crippen molar-refractivity contribution in [2.45, 2.75) is 0 Å². The van der Waals surface area contributed by atoms with Crippen molar-refractivity contribution >= 4 is 11.2 Å².